The lowest BCUT2D eigenvalue weighted by molar-refractivity contribution is -0.127. The molecule has 0 unspecified atom stereocenters. The van der Waals surface area contributed by atoms with Crippen molar-refractivity contribution >= 4 is 40.9 Å². The molecule has 2 N–H and O–H groups in total. The number of thioether (sulfide) groups is 1. The fraction of sp³-hybridized carbons (Fsp3) is 0.308. The number of halogens is 2. The van der Waals surface area contributed by atoms with E-state index in [1.807, 2.05) is 0 Å². The van der Waals surface area contributed by atoms with Gasteiger partial charge in [-0.1, -0.05) is 35.0 Å². The van der Waals surface area contributed by atoms with E-state index in [0.29, 0.717) is 26.6 Å². The number of hydrogen-bond acceptors (Lipinski definition) is 5. The van der Waals surface area contributed by atoms with Crippen molar-refractivity contribution in [1.29, 1.82) is 0 Å². The predicted octanol–water partition coefficient (Wildman–Crippen LogP) is 2.53. The Kier molecular flexibility index (Phi) is 5.20. The summed E-state index contributed by atoms with van der Waals surface area (Å²) in [5, 5.41) is 9.15. The van der Waals surface area contributed by atoms with Gasteiger partial charge < -0.3 is 10.7 Å². The van der Waals surface area contributed by atoms with Crippen molar-refractivity contribution in [3.63, 3.8) is 0 Å². The van der Waals surface area contributed by atoms with Gasteiger partial charge in [-0.3, -0.25) is 4.79 Å². The monoisotopic (exact) mass is 359 g/mol. The van der Waals surface area contributed by atoms with Crippen LogP contribution in [0.5, 0.6) is 0 Å². The van der Waals surface area contributed by atoms with Gasteiger partial charge in [0.05, 0.1) is 10.3 Å². The van der Waals surface area contributed by atoms with E-state index in [2.05, 4.69) is 10.2 Å². The predicted molar refractivity (Wildman–Crippen MR) is 89.6 cm³/mol. The zero-order valence-corrected chi connectivity index (χ0v) is 14.6. The molecule has 0 aliphatic carbocycles. The summed E-state index contributed by atoms with van der Waals surface area (Å²) in [5.74, 6) is 6.38. The maximum atomic E-state index is 11.9. The zero-order chi connectivity index (χ0) is 16.4. The highest BCUT2D eigenvalue weighted by Gasteiger charge is 2.21. The molecule has 9 heteroatoms. The Morgan fingerprint density at radius 3 is 2.68 bits per heavy atom. The van der Waals surface area contributed by atoms with Crippen molar-refractivity contribution in [2.45, 2.75) is 17.3 Å². The van der Waals surface area contributed by atoms with E-state index in [4.69, 9.17) is 29.0 Å². The molecule has 1 aromatic carbocycles. The number of amides is 1. The Morgan fingerprint density at radius 1 is 1.36 bits per heavy atom. The van der Waals surface area contributed by atoms with Gasteiger partial charge in [-0.05, 0) is 25.1 Å². The molecule has 0 saturated carbocycles. The smallest absolute Gasteiger partial charge is 0.235 e. The normalized spacial score (nSPS) is 12.2. The third-order valence-electron chi connectivity index (χ3n) is 2.90. The molecule has 1 aromatic heterocycles. The molecule has 2 aromatic rings. The Bertz CT molecular complexity index is 704. The van der Waals surface area contributed by atoms with Crippen molar-refractivity contribution in [2.24, 2.45) is 0 Å². The lowest BCUT2D eigenvalue weighted by atomic mass is 10.2. The fourth-order valence-electron chi connectivity index (χ4n) is 1.78. The van der Waals surface area contributed by atoms with E-state index < -0.39 is 0 Å². The van der Waals surface area contributed by atoms with Crippen LogP contribution in [0.1, 0.15) is 6.92 Å². The van der Waals surface area contributed by atoms with Crippen LogP contribution < -0.4 is 5.84 Å². The molecule has 1 heterocycles. The zero-order valence-electron chi connectivity index (χ0n) is 12.2. The van der Waals surface area contributed by atoms with E-state index in [-0.39, 0.29) is 11.2 Å². The van der Waals surface area contributed by atoms with Crippen LogP contribution in [0, 0.1) is 0 Å². The Balaban J connectivity index is 2.30. The minimum absolute atomic E-state index is 0.0321. The quantitative estimate of drug-likeness (QED) is 0.670. The van der Waals surface area contributed by atoms with E-state index in [1.165, 1.54) is 21.3 Å². The van der Waals surface area contributed by atoms with Crippen LogP contribution in [0.4, 0.5) is 0 Å². The van der Waals surface area contributed by atoms with Gasteiger partial charge in [0.2, 0.25) is 11.1 Å². The van der Waals surface area contributed by atoms with Crippen molar-refractivity contribution in [3.8, 4) is 11.4 Å². The maximum Gasteiger partial charge on any atom is 0.235 e. The molecule has 0 aliphatic rings. The van der Waals surface area contributed by atoms with Gasteiger partial charge >= 0.3 is 0 Å². The number of nitrogen functional groups attached to an aromatic ring is 1. The first kappa shape index (κ1) is 16.9. The number of aromatic nitrogens is 3. The molecular weight excluding hydrogens is 345 g/mol. The summed E-state index contributed by atoms with van der Waals surface area (Å²) in [7, 11) is 3.40. The van der Waals surface area contributed by atoms with Crippen molar-refractivity contribution in [1.82, 2.24) is 19.8 Å². The molecule has 0 bridgehead atoms. The summed E-state index contributed by atoms with van der Waals surface area (Å²) in [6.45, 7) is 1.79. The molecule has 1 atom stereocenters. The molecule has 22 heavy (non-hydrogen) atoms. The molecule has 0 fully saturated rings. The minimum Gasteiger partial charge on any atom is -0.348 e. The van der Waals surface area contributed by atoms with Crippen molar-refractivity contribution in [3.05, 3.63) is 28.2 Å². The molecule has 0 aliphatic heterocycles. The van der Waals surface area contributed by atoms with Gasteiger partial charge in [0.25, 0.3) is 0 Å². The minimum atomic E-state index is -0.329. The molecule has 1 amide bonds. The van der Waals surface area contributed by atoms with Crippen LogP contribution in [0.2, 0.25) is 10.0 Å². The lowest BCUT2D eigenvalue weighted by Gasteiger charge is -2.15. The SMILES string of the molecule is C[C@H](Sc1nnc(-c2cc(Cl)ccc2Cl)n1N)C(=O)N(C)C. The molecule has 6 nitrogen and oxygen atoms in total. The summed E-state index contributed by atoms with van der Waals surface area (Å²) < 4.78 is 1.31. The van der Waals surface area contributed by atoms with Gasteiger partial charge in [-0.15, -0.1) is 10.2 Å². The van der Waals surface area contributed by atoms with Gasteiger partial charge in [0.1, 0.15) is 0 Å². The molecule has 0 spiro atoms. The van der Waals surface area contributed by atoms with Gasteiger partial charge in [-0.25, -0.2) is 4.68 Å². The number of carbonyl (C=O) groups excluding carboxylic acids is 1. The Labute approximate surface area is 142 Å². The summed E-state index contributed by atoms with van der Waals surface area (Å²) in [6.07, 6.45) is 0. The molecule has 2 rings (SSSR count). The Morgan fingerprint density at radius 2 is 2.05 bits per heavy atom. The lowest BCUT2D eigenvalue weighted by Crippen LogP contribution is -2.30. The van der Waals surface area contributed by atoms with E-state index in [1.54, 1.807) is 39.2 Å². The van der Waals surface area contributed by atoms with Crippen LogP contribution in [-0.2, 0) is 4.79 Å². The van der Waals surface area contributed by atoms with E-state index in [9.17, 15) is 4.79 Å². The number of carbonyl (C=O) groups is 1. The van der Waals surface area contributed by atoms with Crippen molar-refractivity contribution < 1.29 is 4.79 Å². The Hall–Kier alpha value is -1.44. The van der Waals surface area contributed by atoms with Crippen LogP contribution in [0.3, 0.4) is 0 Å². The second-order valence-corrected chi connectivity index (χ2v) is 6.94. The van der Waals surface area contributed by atoms with Gasteiger partial charge in [0, 0.05) is 24.7 Å². The number of benzene rings is 1. The number of hydrogen-bond donors (Lipinski definition) is 1. The standard InChI is InChI=1S/C13H15Cl2N5OS/c1-7(12(21)19(2)3)22-13-18-17-11(20(13)16)9-6-8(14)4-5-10(9)15/h4-7H,16H2,1-3H3/t7-/m0/s1. The van der Waals surface area contributed by atoms with E-state index in [0.717, 1.165) is 0 Å². The molecule has 0 radical (unpaired) electrons. The molecule has 118 valence electrons. The van der Waals surface area contributed by atoms with Gasteiger partial charge in [0.15, 0.2) is 5.82 Å². The largest absolute Gasteiger partial charge is 0.348 e. The number of nitrogens with two attached hydrogens (primary N) is 1. The second-order valence-electron chi connectivity index (χ2n) is 4.79. The summed E-state index contributed by atoms with van der Waals surface area (Å²) >= 11 is 13.4. The average Bonchev–Trinajstić information content (AvgIpc) is 2.81. The van der Waals surface area contributed by atoms with Crippen LogP contribution >= 0.6 is 35.0 Å². The maximum absolute atomic E-state index is 11.9. The number of rotatable bonds is 4. The first-order chi connectivity index (χ1) is 10.3. The van der Waals surface area contributed by atoms with Crippen LogP contribution in [0.25, 0.3) is 11.4 Å². The van der Waals surface area contributed by atoms with E-state index >= 15 is 0 Å². The first-order valence-corrected chi connectivity index (χ1v) is 7.98. The summed E-state index contributed by atoms with van der Waals surface area (Å²) in [4.78, 5) is 13.4. The summed E-state index contributed by atoms with van der Waals surface area (Å²) in [5.41, 5.74) is 0.586. The number of nitrogens with zero attached hydrogens (tertiary/aromatic N) is 4. The van der Waals surface area contributed by atoms with Gasteiger partial charge in [-0.2, -0.15) is 0 Å². The highest BCUT2D eigenvalue weighted by atomic mass is 35.5. The van der Waals surface area contributed by atoms with Crippen molar-refractivity contribution in [2.75, 3.05) is 19.9 Å². The third-order valence-corrected chi connectivity index (χ3v) is 4.51. The first-order valence-electron chi connectivity index (χ1n) is 6.35. The second kappa shape index (κ2) is 6.76. The highest BCUT2D eigenvalue weighted by molar-refractivity contribution is 8.00. The molecule has 0 saturated heterocycles. The average molecular weight is 360 g/mol. The topological polar surface area (TPSA) is 77.0 Å². The third kappa shape index (κ3) is 3.48. The fourth-order valence-corrected chi connectivity index (χ4v) is 3.07. The van der Waals surface area contributed by atoms with Crippen LogP contribution in [0.15, 0.2) is 23.4 Å². The van der Waals surface area contributed by atoms with Crippen LogP contribution in [-0.4, -0.2) is 45.0 Å². The molecular formula is C13H15Cl2N5OS. The summed E-state index contributed by atoms with van der Waals surface area (Å²) in [6, 6.07) is 5.01. The highest BCUT2D eigenvalue weighted by Crippen LogP contribution is 2.31.